The van der Waals surface area contributed by atoms with Crippen molar-refractivity contribution in [3.8, 4) is 0 Å². The minimum atomic E-state index is -0.611. The van der Waals surface area contributed by atoms with Gasteiger partial charge in [0.05, 0.1) is 0 Å². The molecule has 64 valence electrons. The van der Waals surface area contributed by atoms with Gasteiger partial charge >= 0.3 is 86.8 Å². The van der Waals surface area contributed by atoms with Gasteiger partial charge in [0.2, 0.25) is 0 Å². The molecule has 0 saturated heterocycles. The van der Waals surface area contributed by atoms with Crippen LogP contribution in [-0.4, -0.2) is 31.0 Å². The number of thiophene rings is 1. The predicted octanol–water partition coefficient (Wildman–Crippen LogP) is 1.22. The second-order valence-electron chi connectivity index (χ2n) is 2.55. The Morgan fingerprint density at radius 2 is 2.42 bits per heavy atom. The molecule has 0 aliphatic rings. The van der Waals surface area contributed by atoms with Crippen LogP contribution < -0.4 is 2.89 Å². The van der Waals surface area contributed by atoms with E-state index in [1.807, 2.05) is 6.07 Å². The fraction of sp³-hybridized carbons (Fsp3) is 0.333. The number of rotatable bonds is 4. The van der Waals surface area contributed by atoms with Gasteiger partial charge in [-0.25, -0.2) is 0 Å². The van der Waals surface area contributed by atoms with E-state index in [1.165, 1.54) is 15.7 Å². The van der Waals surface area contributed by atoms with Gasteiger partial charge in [-0.15, -0.1) is 0 Å². The third-order valence-electron chi connectivity index (χ3n) is 1.50. The zero-order valence-corrected chi connectivity index (χ0v) is 11.2. The van der Waals surface area contributed by atoms with Crippen molar-refractivity contribution in [2.24, 2.45) is 0 Å². The first-order valence-electron chi connectivity index (χ1n) is 4.08. The number of carbonyl (C=O) groups excluding carboxylic acids is 1. The van der Waals surface area contributed by atoms with Gasteiger partial charge in [0, 0.05) is 0 Å². The summed E-state index contributed by atoms with van der Waals surface area (Å²) in [6.07, 6.45) is 3.43. The fourth-order valence-corrected chi connectivity index (χ4v) is 6.62. The zero-order chi connectivity index (χ0) is 8.81. The minimum absolute atomic E-state index is 0.611. The van der Waals surface area contributed by atoms with Crippen molar-refractivity contribution in [3.05, 3.63) is 17.0 Å². The summed E-state index contributed by atoms with van der Waals surface area (Å²) in [6, 6.07) is 4.04. The molecular weight excluding hydrogens is 275 g/mol. The molecule has 0 aromatic carbocycles. The molecule has 1 nitrogen and oxygen atoms in total. The Morgan fingerprint density at radius 3 is 3.00 bits per heavy atom. The normalized spacial score (nSPS) is 10.8. The number of unbranched alkanes of at least 4 members (excludes halogenated alkanes) is 1. The predicted molar refractivity (Wildman–Crippen MR) is 57.5 cm³/mol. The number of carbonyl (C=O) groups is 1. The van der Waals surface area contributed by atoms with E-state index in [9.17, 15) is 4.79 Å². The molecule has 0 aliphatic carbocycles. The van der Waals surface area contributed by atoms with Crippen molar-refractivity contribution in [1.82, 2.24) is 0 Å². The topological polar surface area (TPSA) is 17.1 Å². The molecule has 0 amide bonds. The van der Waals surface area contributed by atoms with E-state index in [0.717, 1.165) is 11.2 Å². The van der Waals surface area contributed by atoms with E-state index in [1.54, 1.807) is 11.3 Å². The van der Waals surface area contributed by atoms with Gasteiger partial charge in [0.25, 0.3) is 0 Å². The molecule has 0 unspecified atom stereocenters. The van der Waals surface area contributed by atoms with Gasteiger partial charge in [0.1, 0.15) is 0 Å². The Labute approximate surface area is 86.5 Å². The SMILES string of the molecule is CCC/[CH]=[SnH]\[c]1ccc(C=O)s1. The summed E-state index contributed by atoms with van der Waals surface area (Å²) in [5, 5.41) is 0. The quantitative estimate of drug-likeness (QED) is 0.601. The summed E-state index contributed by atoms with van der Waals surface area (Å²) >= 11 is 1.06. The first kappa shape index (κ1) is 10.1. The molecule has 0 radical (unpaired) electrons. The summed E-state index contributed by atoms with van der Waals surface area (Å²) < 4.78 is 3.93. The van der Waals surface area contributed by atoms with Crippen LogP contribution in [0.2, 0.25) is 0 Å². The standard InChI is InChI=1S/C5H3OS.C4H8.Sn.H/c6-4-5-2-1-3-7-5;1-3-4-2;;/h1-2,4H;1H,3-4H2,2H3;;. The van der Waals surface area contributed by atoms with E-state index in [2.05, 4.69) is 17.0 Å². The summed E-state index contributed by atoms with van der Waals surface area (Å²) in [5.41, 5.74) is 0. The van der Waals surface area contributed by atoms with Crippen LogP contribution in [0.25, 0.3) is 0 Å². The van der Waals surface area contributed by atoms with Crippen molar-refractivity contribution in [2.75, 3.05) is 0 Å². The van der Waals surface area contributed by atoms with E-state index in [4.69, 9.17) is 0 Å². The van der Waals surface area contributed by atoms with Crippen LogP contribution in [0.3, 0.4) is 0 Å². The van der Waals surface area contributed by atoms with Crippen LogP contribution in [0.4, 0.5) is 0 Å². The first-order chi connectivity index (χ1) is 5.86. The third-order valence-corrected chi connectivity index (χ3v) is 7.37. The Hall–Kier alpha value is 0.0387. The Morgan fingerprint density at radius 1 is 1.58 bits per heavy atom. The monoisotopic (exact) mass is 288 g/mol. The maximum absolute atomic E-state index is 10.4. The summed E-state index contributed by atoms with van der Waals surface area (Å²) in [7, 11) is 0. The molecule has 0 saturated carbocycles. The van der Waals surface area contributed by atoms with E-state index >= 15 is 0 Å². The number of hydrogen-bond donors (Lipinski definition) is 0. The Balaban J connectivity index is 2.57. The molecule has 1 rings (SSSR count). The molecule has 1 aromatic rings. The molecule has 1 aromatic heterocycles. The maximum atomic E-state index is 10.4. The van der Waals surface area contributed by atoms with Crippen molar-refractivity contribution in [3.63, 3.8) is 0 Å². The fourth-order valence-electron chi connectivity index (χ4n) is 0.887. The van der Waals surface area contributed by atoms with Crippen LogP contribution in [0.15, 0.2) is 12.1 Å². The third kappa shape index (κ3) is 3.19. The van der Waals surface area contributed by atoms with Crippen LogP contribution >= 0.6 is 11.3 Å². The molecule has 0 fully saturated rings. The van der Waals surface area contributed by atoms with Crippen molar-refractivity contribution in [2.45, 2.75) is 19.8 Å². The van der Waals surface area contributed by atoms with Gasteiger partial charge in [-0.05, 0) is 0 Å². The second kappa shape index (κ2) is 5.64. The van der Waals surface area contributed by atoms with Crippen LogP contribution in [0.1, 0.15) is 29.4 Å². The zero-order valence-electron chi connectivity index (χ0n) is 7.12. The molecule has 0 atom stereocenters. The Kier molecular flexibility index (Phi) is 4.76. The molecule has 12 heavy (non-hydrogen) atoms. The van der Waals surface area contributed by atoms with Gasteiger partial charge in [-0.3, -0.25) is 0 Å². The summed E-state index contributed by atoms with van der Waals surface area (Å²) in [6.45, 7) is 2.20. The molecular formula is C9H12OSSn. The van der Waals surface area contributed by atoms with Crippen molar-refractivity contribution in [1.29, 1.82) is 0 Å². The molecule has 0 aliphatic heterocycles. The van der Waals surface area contributed by atoms with Gasteiger partial charge in [0.15, 0.2) is 0 Å². The first-order valence-corrected chi connectivity index (χ1v) is 8.45. The number of hydrogen-bond acceptors (Lipinski definition) is 2. The van der Waals surface area contributed by atoms with Crippen molar-refractivity contribution < 1.29 is 4.79 Å². The van der Waals surface area contributed by atoms with E-state index in [0.29, 0.717) is 0 Å². The van der Waals surface area contributed by atoms with Crippen LogP contribution in [-0.2, 0) is 0 Å². The Bertz CT molecular complexity index is 278. The van der Waals surface area contributed by atoms with E-state index < -0.39 is 20.7 Å². The van der Waals surface area contributed by atoms with Gasteiger partial charge in [-0.2, -0.15) is 0 Å². The molecule has 1 heterocycles. The number of aldehydes is 1. The van der Waals surface area contributed by atoms with Crippen molar-refractivity contribution >= 4 is 45.2 Å². The summed E-state index contributed by atoms with van der Waals surface area (Å²) in [4.78, 5) is 11.2. The molecule has 3 heteroatoms. The average molecular weight is 287 g/mol. The molecule has 0 spiro atoms. The summed E-state index contributed by atoms with van der Waals surface area (Å²) in [5.74, 6) is 0. The van der Waals surface area contributed by atoms with Crippen LogP contribution in [0.5, 0.6) is 0 Å². The van der Waals surface area contributed by atoms with E-state index in [-0.39, 0.29) is 0 Å². The van der Waals surface area contributed by atoms with Gasteiger partial charge < -0.3 is 0 Å². The molecule has 0 bridgehead atoms. The molecule has 0 N–H and O–H groups in total. The van der Waals surface area contributed by atoms with Crippen LogP contribution in [0, 0.1) is 0 Å². The van der Waals surface area contributed by atoms with Gasteiger partial charge in [-0.1, -0.05) is 0 Å². The second-order valence-corrected chi connectivity index (χ2v) is 8.96. The average Bonchev–Trinajstić information content (AvgIpc) is 2.53.